The van der Waals surface area contributed by atoms with Crippen molar-refractivity contribution in [2.24, 2.45) is 0 Å². The Morgan fingerprint density at radius 2 is 1.83 bits per heavy atom. The predicted octanol–water partition coefficient (Wildman–Crippen LogP) is 4.23. The molecule has 3 rings (SSSR count). The highest BCUT2D eigenvalue weighted by atomic mass is 35.5. The second-order valence-corrected chi connectivity index (χ2v) is 6.91. The van der Waals surface area contributed by atoms with E-state index < -0.39 is 0 Å². The summed E-state index contributed by atoms with van der Waals surface area (Å²) in [5.74, 6) is 1.30. The minimum Gasteiger partial charge on any atom is -0.486 e. The molecule has 0 aliphatic carbocycles. The van der Waals surface area contributed by atoms with Crippen LogP contribution < -0.4 is 14.8 Å². The van der Waals surface area contributed by atoms with Crippen molar-refractivity contribution >= 4 is 35.0 Å². The van der Waals surface area contributed by atoms with E-state index >= 15 is 0 Å². The average Bonchev–Trinajstić information content (AvgIpc) is 2.56. The molecule has 2 aromatic carbocycles. The van der Waals surface area contributed by atoms with Crippen molar-refractivity contribution in [2.45, 2.75) is 17.1 Å². The van der Waals surface area contributed by atoms with E-state index in [2.05, 4.69) is 5.32 Å². The summed E-state index contributed by atoms with van der Waals surface area (Å²) < 4.78 is 11.0. The summed E-state index contributed by atoms with van der Waals surface area (Å²) >= 11 is 7.35. The molecule has 0 spiro atoms. The Morgan fingerprint density at radius 1 is 1.13 bits per heavy atom. The van der Waals surface area contributed by atoms with E-state index in [4.69, 9.17) is 21.1 Å². The first-order valence-corrected chi connectivity index (χ1v) is 8.50. The van der Waals surface area contributed by atoms with Crippen LogP contribution in [-0.4, -0.2) is 24.4 Å². The number of halogens is 1. The third-order valence-corrected chi connectivity index (χ3v) is 4.67. The van der Waals surface area contributed by atoms with Crippen LogP contribution in [0.2, 0.25) is 5.02 Å². The zero-order valence-corrected chi connectivity index (χ0v) is 14.1. The second-order valence-electron chi connectivity index (χ2n) is 5.06. The highest BCUT2D eigenvalue weighted by Gasteiger charge is 2.17. The molecule has 120 valence electrons. The van der Waals surface area contributed by atoms with Crippen LogP contribution in [0.25, 0.3) is 0 Å². The van der Waals surface area contributed by atoms with Gasteiger partial charge in [-0.25, -0.2) is 0 Å². The maximum Gasteiger partial charge on any atom is 0.237 e. The summed E-state index contributed by atoms with van der Waals surface area (Å²) in [6, 6.07) is 12.8. The van der Waals surface area contributed by atoms with E-state index in [0.717, 1.165) is 4.90 Å². The maximum absolute atomic E-state index is 12.3. The molecule has 23 heavy (non-hydrogen) atoms. The van der Waals surface area contributed by atoms with Crippen molar-refractivity contribution in [3.8, 4) is 11.5 Å². The largest absolute Gasteiger partial charge is 0.486 e. The molecule has 0 fully saturated rings. The number of rotatable bonds is 4. The summed E-state index contributed by atoms with van der Waals surface area (Å²) in [4.78, 5) is 13.3. The Hall–Kier alpha value is -1.85. The van der Waals surface area contributed by atoms with Crippen LogP contribution in [0.3, 0.4) is 0 Å². The summed E-state index contributed by atoms with van der Waals surface area (Å²) in [6.45, 7) is 2.94. The number of nitrogens with one attached hydrogen (secondary N) is 1. The van der Waals surface area contributed by atoms with Gasteiger partial charge in [-0.1, -0.05) is 11.6 Å². The Morgan fingerprint density at radius 3 is 2.57 bits per heavy atom. The van der Waals surface area contributed by atoms with Gasteiger partial charge in [0.05, 0.1) is 5.25 Å². The fourth-order valence-corrected chi connectivity index (χ4v) is 3.13. The van der Waals surface area contributed by atoms with Gasteiger partial charge in [0.1, 0.15) is 13.2 Å². The van der Waals surface area contributed by atoms with Crippen molar-refractivity contribution in [3.05, 3.63) is 47.5 Å². The zero-order valence-electron chi connectivity index (χ0n) is 12.5. The number of fused-ring (bicyclic) bond motifs is 1. The number of carbonyl (C=O) groups is 1. The Bertz CT molecular complexity index is 705. The van der Waals surface area contributed by atoms with Crippen LogP contribution in [-0.2, 0) is 4.79 Å². The normalized spacial score (nSPS) is 14.2. The van der Waals surface area contributed by atoms with Crippen LogP contribution in [0.15, 0.2) is 47.4 Å². The highest BCUT2D eigenvalue weighted by Crippen LogP contribution is 2.33. The number of anilines is 1. The molecule has 0 saturated heterocycles. The first-order chi connectivity index (χ1) is 11.1. The van der Waals surface area contributed by atoms with Gasteiger partial charge in [0.25, 0.3) is 0 Å². The summed E-state index contributed by atoms with van der Waals surface area (Å²) in [5.41, 5.74) is 0.697. The van der Waals surface area contributed by atoms with Gasteiger partial charge in [-0.15, -0.1) is 11.8 Å². The molecule has 6 heteroatoms. The minimum atomic E-state index is -0.232. The monoisotopic (exact) mass is 349 g/mol. The molecule has 1 heterocycles. The van der Waals surface area contributed by atoms with Gasteiger partial charge >= 0.3 is 0 Å². The van der Waals surface area contributed by atoms with Gasteiger partial charge in [0.2, 0.25) is 5.91 Å². The average molecular weight is 350 g/mol. The molecular formula is C17H16ClNO3S. The van der Waals surface area contributed by atoms with E-state index in [1.165, 1.54) is 11.8 Å². The van der Waals surface area contributed by atoms with Gasteiger partial charge in [-0.2, -0.15) is 0 Å². The number of carbonyl (C=O) groups excluding carboxylic acids is 1. The maximum atomic E-state index is 12.3. The van der Waals surface area contributed by atoms with Gasteiger partial charge in [-0.05, 0) is 43.3 Å². The summed E-state index contributed by atoms with van der Waals surface area (Å²) in [5, 5.41) is 3.35. The molecule has 1 N–H and O–H groups in total. The van der Waals surface area contributed by atoms with Crippen LogP contribution >= 0.6 is 23.4 Å². The molecule has 1 aliphatic heterocycles. The molecule has 0 radical (unpaired) electrons. The van der Waals surface area contributed by atoms with Crippen molar-refractivity contribution in [2.75, 3.05) is 18.5 Å². The van der Waals surface area contributed by atoms with Crippen LogP contribution in [0.4, 0.5) is 5.69 Å². The topological polar surface area (TPSA) is 47.6 Å². The second kappa shape index (κ2) is 7.15. The summed E-state index contributed by atoms with van der Waals surface area (Å²) in [6.07, 6.45) is 0. The molecule has 0 bridgehead atoms. The van der Waals surface area contributed by atoms with Crippen LogP contribution in [0.1, 0.15) is 6.92 Å². The Kier molecular flexibility index (Phi) is 4.98. The van der Waals surface area contributed by atoms with Crippen molar-refractivity contribution in [1.29, 1.82) is 0 Å². The number of ether oxygens (including phenoxy) is 2. The lowest BCUT2D eigenvalue weighted by atomic mass is 10.2. The van der Waals surface area contributed by atoms with E-state index in [9.17, 15) is 4.79 Å². The quantitative estimate of drug-likeness (QED) is 0.839. The third-order valence-electron chi connectivity index (χ3n) is 3.31. The number of amides is 1. The lowest BCUT2D eigenvalue weighted by molar-refractivity contribution is -0.115. The van der Waals surface area contributed by atoms with Gasteiger partial charge in [0, 0.05) is 21.7 Å². The minimum absolute atomic E-state index is 0.0679. The first kappa shape index (κ1) is 16.0. The third kappa shape index (κ3) is 4.12. The van der Waals surface area contributed by atoms with Gasteiger partial charge in [-0.3, -0.25) is 4.79 Å². The first-order valence-electron chi connectivity index (χ1n) is 7.24. The molecule has 4 nitrogen and oxygen atoms in total. The molecular weight excluding hydrogens is 334 g/mol. The fraction of sp³-hybridized carbons (Fsp3) is 0.235. The van der Waals surface area contributed by atoms with E-state index in [0.29, 0.717) is 35.4 Å². The van der Waals surface area contributed by atoms with E-state index in [1.54, 1.807) is 12.1 Å². The molecule has 2 aromatic rings. The summed E-state index contributed by atoms with van der Waals surface area (Å²) in [7, 11) is 0. The van der Waals surface area contributed by atoms with Crippen LogP contribution in [0.5, 0.6) is 11.5 Å². The van der Waals surface area contributed by atoms with Crippen molar-refractivity contribution in [1.82, 2.24) is 0 Å². The van der Waals surface area contributed by atoms with Crippen LogP contribution in [0, 0.1) is 0 Å². The number of hydrogen-bond donors (Lipinski definition) is 1. The number of benzene rings is 2. The zero-order chi connectivity index (χ0) is 16.2. The predicted molar refractivity (Wildman–Crippen MR) is 92.8 cm³/mol. The van der Waals surface area contributed by atoms with Crippen molar-refractivity contribution < 1.29 is 14.3 Å². The molecule has 0 aromatic heterocycles. The smallest absolute Gasteiger partial charge is 0.237 e. The SMILES string of the molecule is C[C@@H](Sc1ccc(Cl)cc1)C(=O)Nc1ccc2c(c1)OCCO2. The molecule has 1 amide bonds. The van der Waals surface area contributed by atoms with Gasteiger partial charge < -0.3 is 14.8 Å². The standard InChI is InChI=1S/C17H16ClNO3S/c1-11(23-14-5-2-12(18)3-6-14)17(20)19-13-4-7-15-16(10-13)22-9-8-21-15/h2-7,10-11H,8-9H2,1H3,(H,19,20)/t11-/m1/s1. The molecule has 0 unspecified atom stereocenters. The fourth-order valence-electron chi connectivity index (χ4n) is 2.14. The molecule has 0 saturated carbocycles. The van der Waals surface area contributed by atoms with E-state index in [-0.39, 0.29) is 11.2 Å². The van der Waals surface area contributed by atoms with Gasteiger partial charge in [0.15, 0.2) is 11.5 Å². The Balaban J connectivity index is 1.63. The number of thioether (sulfide) groups is 1. The Labute approximate surface area is 144 Å². The van der Waals surface area contributed by atoms with E-state index in [1.807, 2.05) is 37.3 Å². The van der Waals surface area contributed by atoms with Crippen molar-refractivity contribution in [3.63, 3.8) is 0 Å². The molecule has 1 atom stereocenters. The lowest BCUT2D eigenvalue weighted by Crippen LogP contribution is -2.22. The highest BCUT2D eigenvalue weighted by molar-refractivity contribution is 8.00. The molecule has 1 aliphatic rings. The lowest BCUT2D eigenvalue weighted by Gasteiger charge is -2.19. The number of hydrogen-bond acceptors (Lipinski definition) is 4.